The quantitative estimate of drug-likeness (QED) is 0.348. The molecule has 36 heavy (non-hydrogen) atoms. The molecule has 0 aliphatic carbocycles. The number of piperidine rings is 1. The van der Waals surface area contributed by atoms with E-state index in [1.807, 2.05) is 13.8 Å². The van der Waals surface area contributed by atoms with E-state index in [4.69, 9.17) is 21.1 Å². The summed E-state index contributed by atoms with van der Waals surface area (Å²) in [6, 6.07) is 1.52. The molecule has 200 valence electrons. The maximum absolute atomic E-state index is 13.0. The lowest BCUT2D eigenvalue weighted by molar-refractivity contribution is -0.182. The van der Waals surface area contributed by atoms with Crippen LogP contribution < -0.4 is 4.74 Å². The topological polar surface area (TPSA) is 73.8 Å². The number of likely N-dealkylation sites (tertiary alicyclic amines) is 1. The Morgan fingerprint density at radius 2 is 2.08 bits per heavy atom. The molecule has 3 atom stereocenters. The number of rotatable bonds is 10. The summed E-state index contributed by atoms with van der Waals surface area (Å²) in [6.45, 7) is 9.40. The van der Waals surface area contributed by atoms with Crippen LogP contribution in [0, 0.1) is 24.7 Å². The Kier molecular flexibility index (Phi) is 9.65. The average Bonchev–Trinajstić information content (AvgIpc) is 3.18. The van der Waals surface area contributed by atoms with E-state index < -0.39 is 12.2 Å². The van der Waals surface area contributed by atoms with E-state index in [1.54, 1.807) is 0 Å². The van der Waals surface area contributed by atoms with Gasteiger partial charge < -0.3 is 14.2 Å². The lowest BCUT2D eigenvalue weighted by Crippen LogP contribution is -2.58. The molecule has 1 fully saturated rings. The number of aryl methyl sites for hydroxylation is 1. The molecule has 7 nitrogen and oxygen atoms in total. The lowest BCUT2D eigenvalue weighted by atomic mass is 9.75. The minimum atomic E-state index is -3.02. The van der Waals surface area contributed by atoms with Crippen molar-refractivity contribution in [1.82, 2.24) is 14.9 Å². The van der Waals surface area contributed by atoms with Gasteiger partial charge in [-0.05, 0) is 44.1 Å². The molecule has 0 aromatic carbocycles. The number of nitrogens with zero attached hydrogens (tertiary/aromatic N) is 3. The highest BCUT2D eigenvalue weighted by molar-refractivity contribution is 7.15. The van der Waals surface area contributed by atoms with Crippen LogP contribution in [0.25, 0.3) is 10.6 Å². The van der Waals surface area contributed by atoms with Crippen LogP contribution in [0.4, 0.5) is 8.78 Å². The number of carbonyl (C=O) groups excluding carboxylic acids is 1. The van der Waals surface area contributed by atoms with E-state index in [1.165, 1.54) is 30.7 Å². The van der Waals surface area contributed by atoms with Crippen molar-refractivity contribution in [3.63, 3.8) is 0 Å². The molecule has 0 radical (unpaired) electrons. The van der Waals surface area contributed by atoms with Crippen LogP contribution in [0.2, 0.25) is 5.02 Å². The molecular weight excluding hydrogens is 512 g/mol. The SMILES string of the molecule is CCO[C@@]1(C(=O)OC)C[C@@H](C(C)C(C)C)CN(Cc2sc(-c3cc(Cl)cnc3OC(F)F)nc2C)C1. The molecule has 0 saturated carbocycles. The minimum Gasteiger partial charge on any atom is -0.467 e. The van der Waals surface area contributed by atoms with Gasteiger partial charge >= 0.3 is 12.6 Å². The fraction of sp³-hybridized carbons (Fsp3) is 0.640. The Labute approximate surface area is 220 Å². The minimum absolute atomic E-state index is 0.222. The molecule has 3 heterocycles. The van der Waals surface area contributed by atoms with Crippen LogP contribution in [0.5, 0.6) is 5.88 Å². The summed E-state index contributed by atoms with van der Waals surface area (Å²) in [5.74, 6) is 0.435. The summed E-state index contributed by atoms with van der Waals surface area (Å²) < 4.78 is 41.7. The summed E-state index contributed by atoms with van der Waals surface area (Å²) >= 11 is 7.45. The van der Waals surface area contributed by atoms with Gasteiger partial charge in [-0.1, -0.05) is 32.4 Å². The van der Waals surface area contributed by atoms with Crippen molar-refractivity contribution in [3.05, 3.63) is 27.9 Å². The highest BCUT2D eigenvalue weighted by atomic mass is 35.5. The molecule has 0 bridgehead atoms. The van der Waals surface area contributed by atoms with Gasteiger partial charge in [-0.2, -0.15) is 8.78 Å². The molecular formula is C25H34ClF2N3O4S. The molecule has 3 rings (SSSR count). The van der Waals surface area contributed by atoms with E-state index in [2.05, 4.69) is 40.4 Å². The molecule has 1 saturated heterocycles. The predicted molar refractivity (Wildman–Crippen MR) is 135 cm³/mol. The van der Waals surface area contributed by atoms with Crippen molar-refractivity contribution in [2.75, 3.05) is 26.8 Å². The van der Waals surface area contributed by atoms with Gasteiger partial charge in [-0.25, -0.2) is 14.8 Å². The Morgan fingerprint density at radius 3 is 2.69 bits per heavy atom. The van der Waals surface area contributed by atoms with Crippen LogP contribution in [-0.2, 0) is 20.8 Å². The van der Waals surface area contributed by atoms with Gasteiger partial charge in [0, 0.05) is 37.3 Å². The maximum Gasteiger partial charge on any atom is 0.388 e. The van der Waals surface area contributed by atoms with E-state index in [-0.39, 0.29) is 17.8 Å². The number of esters is 1. The standard InChI is InChI=1S/C25H34ClF2N3O4S/c1-7-34-25(23(32)33-6)9-17(15(4)14(2)3)11-31(13-25)12-20-16(5)30-22(36-20)19-8-18(26)10-29-21(19)35-24(27)28/h8,10,14-15,17,24H,7,9,11-13H2,1-6H3/t15?,17-,25+/m1/s1. The number of methoxy groups -OCH3 is 1. The van der Waals surface area contributed by atoms with Crippen molar-refractivity contribution >= 4 is 28.9 Å². The van der Waals surface area contributed by atoms with E-state index in [0.29, 0.717) is 53.5 Å². The Morgan fingerprint density at radius 1 is 1.36 bits per heavy atom. The number of pyridine rings is 1. The third-order valence-corrected chi connectivity index (χ3v) is 8.23. The molecule has 1 aliphatic heterocycles. The first-order valence-electron chi connectivity index (χ1n) is 12.0. The second kappa shape index (κ2) is 12.1. The molecule has 0 N–H and O–H groups in total. The van der Waals surface area contributed by atoms with E-state index in [0.717, 1.165) is 17.1 Å². The highest BCUT2D eigenvalue weighted by Crippen LogP contribution is 2.39. The van der Waals surface area contributed by atoms with Crippen molar-refractivity contribution in [1.29, 1.82) is 0 Å². The summed E-state index contributed by atoms with van der Waals surface area (Å²) in [6.07, 6.45) is 1.85. The van der Waals surface area contributed by atoms with Crippen LogP contribution in [0.15, 0.2) is 12.3 Å². The first kappa shape index (κ1) is 28.7. The van der Waals surface area contributed by atoms with Gasteiger partial charge in [-0.3, -0.25) is 4.90 Å². The predicted octanol–water partition coefficient (Wildman–Crippen LogP) is 5.83. The first-order valence-corrected chi connectivity index (χ1v) is 13.2. The summed E-state index contributed by atoms with van der Waals surface area (Å²) in [4.78, 5) is 24.6. The highest BCUT2D eigenvalue weighted by Gasteiger charge is 2.49. The van der Waals surface area contributed by atoms with Gasteiger partial charge in [0.15, 0.2) is 5.60 Å². The molecule has 11 heteroatoms. The Hall–Kier alpha value is -1.88. The normalized spacial score (nSPS) is 21.7. The second-order valence-corrected chi connectivity index (χ2v) is 11.1. The molecule has 2 aromatic heterocycles. The van der Waals surface area contributed by atoms with Gasteiger partial charge in [0.1, 0.15) is 5.01 Å². The number of hydrogen-bond acceptors (Lipinski definition) is 8. The summed E-state index contributed by atoms with van der Waals surface area (Å²) in [7, 11) is 1.39. The van der Waals surface area contributed by atoms with Crippen LogP contribution >= 0.6 is 22.9 Å². The van der Waals surface area contributed by atoms with Crippen LogP contribution in [0.3, 0.4) is 0 Å². The summed E-state index contributed by atoms with van der Waals surface area (Å²) in [5.41, 5.74) is 0.0222. The number of halogens is 3. The maximum atomic E-state index is 13.0. The van der Waals surface area contributed by atoms with Crippen molar-refractivity contribution in [2.24, 2.45) is 17.8 Å². The second-order valence-electron chi connectivity index (χ2n) is 9.57. The first-order chi connectivity index (χ1) is 17.0. The van der Waals surface area contributed by atoms with E-state index in [9.17, 15) is 13.6 Å². The lowest BCUT2D eigenvalue weighted by Gasteiger charge is -2.46. The van der Waals surface area contributed by atoms with Crippen molar-refractivity contribution in [3.8, 4) is 16.5 Å². The van der Waals surface area contributed by atoms with Gasteiger partial charge in [0.05, 0.1) is 23.4 Å². The van der Waals surface area contributed by atoms with Gasteiger partial charge in [-0.15, -0.1) is 11.3 Å². The zero-order chi connectivity index (χ0) is 26.6. The van der Waals surface area contributed by atoms with Gasteiger partial charge in [0.2, 0.25) is 5.88 Å². The van der Waals surface area contributed by atoms with Crippen LogP contribution in [-0.4, -0.2) is 59.9 Å². The van der Waals surface area contributed by atoms with Crippen LogP contribution in [0.1, 0.15) is 44.7 Å². The summed E-state index contributed by atoms with van der Waals surface area (Å²) in [5, 5.41) is 0.781. The van der Waals surface area contributed by atoms with Crippen molar-refractivity contribution < 1.29 is 27.8 Å². The number of aromatic nitrogens is 2. The third kappa shape index (κ3) is 6.51. The number of hydrogen-bond donors (Lipinski definition) is 0. The molecule has 1 unspecified atom stereocenters. The number of thiazole rings is 1. The largest absolute Gasteiger partial charge is 0.467 e. The smallest absolute Gasteiger partial charge is 0.388 e. The molecule has 2 aromatic rings. The number of carbonyl (C=O) groups is 1. The number of alkyl halides is 2. The zero-order valence-corrected chi connectivity index (χ0v) is 23.1. The third-order valence-electron chi connectivity index (χ3n) is 6.85. The molecule has 0 spiro atoms. The van der Waals surface area contributed by atoms with Crippen molar-refractivity contribution in [2.45, 2.75) is 59.8 Å². The average molecular weight is 546 g/mol. The van der Waals surface area contributed by atoms with E-state index >= 15 is 0 Å². The Balaban J connectivity index is 1.93. The fourth-order valence-corrected chi connectivity index (χ4v) is 6.02. The molecule has 1 aliphatic rings. The zero-order valence-electron chi connectivity index (χ0n) is 21.5. The fourth-order valence-electron chi connectivity index (χ4n) is 4.75. The molecule has 0 amide bonds. The number of ether oxygens (including phenoxy) is 3. The van der Waals surface area contributed by atoms with Gasteiger partial charge in [0.25, 0.3) is 0 Å². The Bertz CT molecular complexity index is 1050. The monoisotopic (exact) mass is 545 g/mol.